The summed E-state index contributed by atoms with van der Waals surface area (Å²) in [5.41, 5.74) is 2.47. The monoisotopic (exact) mass is 571 g/mol. The number of halogens is 3. The highest BCUT2D eigenvalue weighted by Gasteiger charge is 2.28. The summed E-state index contributed by atoms with van der Waals surface area (Å²) in [5, 5.41) is 25.6. The second-order valence-electron chi connectivity index (χ2n) is 9.82. The second-order valence-corrected chi connectivity index (χ2v) is 10.2. The van der Waals surface area contributed by atoms with Crippen LogP contribution in [-0.2, 0) is 0 Å². The van der Waals surface area contributed by atoms with Gasteiger partial charge in [-0.2, -0.15) is 19.0 Å². The molecule has 3 heterocycles. The molecule has 1 aliphatic rings. The second kappa shape index (κ2) is 11.1. The van der Waals surface area contributed by atoms with Crippen molar-refractivity contribution in [2.75, 3.05) is 10.6 Å². The zero-order valence-corrected chi connectivity index (χ0v) is 22.7. The van der Waals surface area contributed by atoms with Crippen molar-refractivity contribution in [1.29, 1.82) is 5.26 Å². The van der Waals surface area contributed by atoms with Crippen LogP contribution < -0.4 is 10.6 Å². The molecule has 8 nitrogen and oxygen atoms in total. The van der Waals surface area contributed by atoms with Gasteiger partial charge in [0, 0.05) is 22.8 Å². The van der Waals surface area contributed by atoms with Gasteiger partial charge in [-0.3, -0.25) is 4.98 Å². The first-order valence-electron chi connectivity index (χ1n) is 13.7. The number of fused-ring (bicyclic) bond motifs is 1. The van der Waals surface area contributed by atoms with Gasteiger partial charge in [-0.1, -0.05) is 54.1 Å². The lowest BCUT2D eigenvalue weighted by Crippen LogP contribution is -2.16. The highest BCUT2D eigenvalue weighted by molar-refractivity contribution is 6.35. The molecule has 206 valence electrons. The number of nitriles is 1. The van der Waals surface area contributed by atoms with Crippen LogP contribution in [0.15, 0.2) is 67.0 Å². The number of aromatic nitrogens is 5. The molecular formula is C30H25ClF2N8. The van der Waals surface area contributed by atoms with Crippen molar-refractivity contribution in [3.05, 3.63) is 106 Å². The van der Waals surface area contributed by atoms with E-state index in [1.54, 1.807) is 23.0 Å². The maximum Gasteiger partial charge on any atom is 0.221 e. The predicted octanol–water partition coefficient (Wildman–Crippen LogP) is 7.12. The summed E-state index contributed by atoms with van der Waals surface area (Å²) < 4.78 is 39.9. The molecular weight excluding hydrogens is 546 g/mol. The number of nitrogens with zero attached hydrogens (tertiary/aromatic N) is 6. The molecule has 6 rings (SSSR count). The van der Waals surface area contributed by atoms with E-state index < -0.39 is 17.9 Å². The Morgan fingerprint density at radius 2 is 1.98 bits per heavy atom. The first-order valence-corrected chi connectivity index (χ1v) is 13.6. The van der Waals surface area contributed by atoms with Crippen LogP contribution in [0.25, 0.3) is 10.9 Å². The molecule has 0 saturated heterocycles. The minimum absolute atomic E-state index is 0.0929. The summed E-state index contributed by atoms with van der Waals surface area (Å²) in [6.45, 7) is 2.04. The van der Waals surface area contributed by atoms with Gasteiger partial charge in [0.1, 0.15) is 17.8 Å². The van der Waals surface area contributed by atoms with Crippen LogP contribution in [0.2, 0.25) is 5.02 Å². The van der Waals surface area contributed by atoms with Gasteiger partial charge in [0.25, 0.3) is 0 Å². The molecule has 1 fully saturated rings. The number of hydrogen-bond donors (Lipinski definition) is 2. The average Bonchev–Trinajstić information content (AvgIpc) is 3.71. The summed E-state index contributed by atoms with van der Waals surface area (Å²) in [4.78, 5) is 7.72. The maximum atomic E-state index is 15.1. The van der Waals surface area contributed by atoms with Crippen LogP contribution in [-0.4, -0.2) is 25.0 Å². The lowest BCUT2D eigenvalue weighted by Gasteiger charge is -2.22. The predicted molar refractivity (Wildman–Crippen MR) is 152 cm³/mol. The smallest absolute Gasteiger partial charge is 0.221 e. The van der Waals surface area contributed by atoms with Crippen molar-refractivity contribution in [2.24, 2.45) is 0 Å². The number of hydrogen-bond acceptors (Lipinski definition) is 7. The van der Waals surface area contributed by atoms with Crippen molar-refractivity contribution in [3.8, 4) is 6.07 Å². The van der Waals surface area contributed by atoms with Crippen LogP contribution in [0.5, 0.6) is 0 Å². The molecule has 1 saturated carbocycles. The number of nitrogens with one attached hydrogen (secondary N) is 2. The zero-order valence-electron chi connectivity index (χ0n) is 22.9. The molecule has 2 aromatic carbocycles. The molecule has 0 spiro atoms. The third kappa shape index (κ3) is 5.41. The van der Waals surface area contributed by atoms with E-state index in [1.165, 1.54) is 6.20 Å². The molecule has 3 aromatic heterocycles. The van der Waals surface area contributed by atoms with Crippen LogP contribution in [0, 0.1) is 23.2 Å². The first kappa shape index (κ1) is 25.4. The lowest BCUT2D eigenvalue weighted by atomic mass is 10.0. The zero-order chi connectivity index (χ0) is 29.4. The van der Waals surface area contributed by atoms with Gasteiger partial charge in [0.2, 0.25) is 11.9 Å². The van der Waals surface area contributed by atoms with Crippen molar-refractivity contribution in [1.82, 2.24) is 25.0 Å². The van der Waals surface area contributed by atoms with Crippen LogP contribution >= 0.6 is 11.6 Å². The number of rotatable bonds is 9. The van der Waals surface area contributed by atoms with Crippen molar-refractivity contribution in [2.45, 2.75) is 44.3 Å². The normalized spacial score (nSPS) is 15.5. The summed E-state index contributed by atoms with van der Waals surface area (Å²) in [6, 6.07) is 15.4. The van der Waals surface area contributed by atoms with Gasteiger partial charge < -0.3 is 10.6 Å². The Morgan fingerprint density at radius 1 is 1.17 bits per heavy atom. The SMILES string of the molecule is [2H][C@@](Nc1cc(Cl)c2ncc(C#N)c(N[C@H](CC)c3ccccc3)c2c1)(c1cn(C2CC2)nn1)c1ccc(F)nc1F. The summed E-state index contributed by atoms with van der Waals surface area (Å²) in [5.74, 6) is -2.17. The van der Waals surface area contributed by atoms with Gasteiger partial charge in [-0.05, 0) is 49.1 Å². The lowest BCUT2D eigenvalue weighted by molar-refractivity contribution is 0.499. The van der Waals surface area contributed by atoms with E-state index in [-0.39, 0.29) is 28.4 Å². The quantitative estimate of drug-likeness (QED) is 0.181. The third-order valence-electron chi connectivity index (χ3n) is 7.01. The molecule has 0 radical (unpaired) electrons. The molecule has 1 aliphatic carbocycles. The fourth-order valence-electron chi connectivity index (χ4n) is 4.77. The van der Waals surface area contributed by atoms with Crippen LogP contribution in [0.4, 0.5) is 20.2 Å². The molecule has 0 amide bonds. The van der Waals surface area contributed by atoms with Gasteiger partial charge in [-0.25, -0.2) is 4.68 Å². The fourth-order valence-corrected chi connectivity index (χ4v) is 5.04. The Labute approximate surface area is 241 Å². The van der Waals surface area contributed by atoms with E-state index in [1.807, 2.05) is 37.3 Å². The molecule has 11 heteroatoms. The fraction of sp³-hybridized carbons (Fsp3) is 0.233. The largest absolute Gasteiger partial charge is 0.377 e. The first-order chi connectivity index (χ1) is 20.3. The van der Waals surface area contributed by atoms with Gasteiger partial charge in [-0.15, -0.1) is 5.10 Å². The Balaban J connectivity index is 1.48. The van der Waals surface area contributed by atoms with E-state index >= 15 is 4.39 Å². The number of pyridine rings is 2. The van der Waals surface area contributed by atoms with Crippen molar-refractivity contribution >= 4 is 33.9 Å². The van der Waals surface area contributed by atoms with Crippen LogP contribution in [0.3, 0.4) is 0 Å². The Bertz CT molecular complexity index is 1820. The minimum Gasteiger partial charge on any atom is -0.377 e. The average molecular weight is 572 g/mol. The number of anilines is 2. The molecule has 0 aliphatic heterocycles. The summed E-state index contributed by atoms with van der Waals surface area (Å²) in [6.07, 6.45) is 5.64. The molecule has 0 bridgehead atoms. The summed E-state index contributed by atoms with van der Waals surface area (Å²) in [7, 11) is 0. The molecule has 5 aromatic rings. The highest BCUT2D eigenvalue weighted by atomic mass is 35.5. The third-order valence-corrected chi connectivity index (χ3v) is 7.30. The topological polar surface area (TPSA) is 104 Å². The molecule has 0 unspecified atom stereocenters. The standard InChI is InChI=1S/C30H25ClF2N8/c1-2-24(17-6-4-3-5-7-17)37-27-18(14-34)15-35-28-22(27)12-19(13-23(28)31)36-29(21-10-11-26(32)38-30(21)33)25-16-41(40-39-25)20-8-9-20/h3-7,10-13,15-16,20,24,29,36H,2,8-9H2,1H3,(H,35,37)/t24-,29+/m1/s1/i29D. The highest BCUT2D eigenvalue weighted by Crippen LogP contribution is 2.38. The van der Waals surface area contributed by atoms with E-state index in [4.69, 9.17) is 11.6 Å². The van der Waals surface area contributed by atoms with E-state index in [0.29, 0.717) is 27.8 Å². The van der Waals surface area contributed by atoms with E-state index in [0.717, 1.165) is 37.0 Å². The Kier molecular flexibility index (Phi) is 6.86. The van der Waals surface area contributed by atoms with Crippen molar-refractivity contribution < 1.29 is 10.2 Å². The summed E-state index contributed by atoms with van der Waals surface area (Å²) >= 11 is 6.70. The van der Waals surface area contributed by atoms with Crippen LogP contribution in [0.1, 0.15) is 68.0 Å². The Hall–Kier alpha value is -4.62. The maximum absolute atomic E-state index is 15.1. The Morgan fingerprint density at radius 3 is 2.68 bits per heavy atom. The van der Waals surface area contributed by atoms with E-state index in [2.05, 4.69) is 37.0 Å². The minimum atomic E-state index is -2.06. The molecule has 2 atom stereocenters. The van der Waals surface area contributed by atoms with Crippen molar-refractivity contribution in [3.63, 3.8) is 0 Å². The van der Waals surface area contributed by atoms with Gasteiger partial charge in [0.05, 0.1) is 41.4 Å². The molecule has 2 N–H and O–H groups in total. The van der Waals surface area contributed by atoms with E-state index in [9.17, 15) is 11.0 Å². The number of benzene rings is 2. The van der Waals surface area contributed by atoms with Gasteiger partial charge >= 0.3 is 0 Å². The molecule has 41 heavy (non-hydrogen) atoms. The van der Waals surface area contributed by atoms with Gasteiger partial charge in [0.15, 0.2) is 0 Å².